The van der Waals surface area contributed by atoms with Crippen molar-refractivity contribution in [3.63, 3.8) is 0 Å². The van der Waals surface area contributed by atoms with Crippen LogP contribution in [0.4, 0.5) is 11.5 Å². The lowest BCUT2D eigenvalue weighted by Crippen LogP contribution is -2.28. The molecule has 0 aliphatic carbocycles. The van der Waals surface area contributed by atoms with Gasteiger partial charge in [-0.1, -0.05) is 12.1 Å². The van der Waals surface area contributed by atoms with E-state index in [1.807, 2.05) is 20.0 Å². The van der Waals surface area contributed by atoms with Gasteiger partial charge >= 0.3 is 0 Å². The van der Waals surface area contributed by atoms with Crippen LogP contribution in [0.3, 0.4) is 0 Å². The number of anilines is 1. The first kappa shape index (κ1) is 17.3. The van der Waals surface area contributed by atoms with Crippen LogP contribution in [0, 0.1) is 23.0 Å². The van der Waals surface area contributed by atoms with Crippen molar-refractivity contribution in [1.29, 1.82) is 0 Å². The van der Waals surface area contributed by atoms with Crippen molar-refractivity contribution in [2.75, 3.05) is 38.6 Å². The third-order valence-electron chi connectivity index (χ3n) is 4.57. The van der Waals surface area contributed by atoms with Crippen LogP contribution in [0.25, 0.3) is 11.4 Å². The Morgan fingerprint density at radius 1 is 1.36 bits per heavy atom. The third-order valence-corrected chi connectivity index (χ3v) is 4.57. The molecule has 0 amide bonds. The molecule has 1 fully saturated rings. The van der Waals surface area contributed by atoms with Crippen molar-refractivity contribution >= 4 is 11.5 Å². The monoisotopic (exact) mass is 341 g/mol. The lowest BCUT2D eigenvalue weighted by atomic mass is 10.1. The highest BCUT2D eigenvalue weighted by Gasteiger charge is 2.21. The zero-order valence-corrected chi connectivity index (χ0v) is 14.8. The molecule has 1 aromatic heterocycles. The first-order valence-corrected chi connectivity index (χ1v) is 8.42. The van der Waals surface area contributed by atoms with Gasteiger partial charge in [-0.3, -0.25) is 10.1 Å². The summed E-state index contributed by atoms with van der Waals surface area (Å²) in [6.07, 6.45) is 1.20. The Morgan fingerprint density at radius 3 is 2.84 bits per heavy atom. The van der Waals surface area contributed by atoms with Gasteiger partial charge in [0.15, 0.2) is 5.82 Å². The number of rotatable bonds is 5. The van der Waals surface area contributed by atoms with Gasteiger partial charge in [-0.15, -0.1) is 0 Å². The van der Waals surface area contributed by atoms with Crippen LogP contribution in [0.5, 0.6) is 0 Å². The second-order valence-electron chi connectivity index (χ2n) is 6.80. The lowest BCUT2D eigenvalue weighted by molar-refractivity contribution is -0.384. The van der Waals surface area contributed by atoms with Crippen LogP contribution < -0.4 is 4.90 Å². The summed E-state index contributed by atoms with van der Waals surface area (Å²) in [5, 5.41) is 11.0. The fourth-order valence-electron chi connectivity index (χ4n) is 3.29. The van der Waals surface area contributed by atoms with Crippen LogP contribution in [0.15, 0.2) is 30.3 Å². The van der Waals surface area contributed by atoms with E-state index in [1.54, 1.807) is 12.1 Å². The predicted molar refractivity (Wildman–Crippen MR) is 97.7 cm³/mol. The minimum absolute atomic E-state index is 0.0477. The van der Waals surface area contributed by atoms with Crippen molar-refractivity contribution < 1.29 is 4.92 Å². The molecule has 0 spiro atoms. The molecule has 2 aromatic rings. The quantitative estimate of drug-likeness (QED) is 0.615. The molecular formula is C18H23N5O2. The Hall–Kier alpha value is -2.54. The largest absolute Gasteiger partial charge is 0.359 e. The average molecular weight is 341 g/mol. The van der Waals surface area contributed by atoms with E-state index in [1.165, 1.54) is 18.6 Å². The SMILES string of the molecule is Cc1cc(N(C)CC2CCN(C)C2)nc(-c2cccc([N+](=O)[O-])c2)n1. The van der Waals surface area contributed by atoms with Crippen LogP contribution in [0.1, 0.15) is 12.1 Å². The Kier molecular flexibility index (Phi) is 4.94. The number of aryl methyl sites for hydroxylation is 1. The molecule has 7 heteroatoms. The number of hydrogen-bond acceptors (Lipinski definition) is 6. The van der Waals surface area contributed by atoms with Gasteiger partial charge in [-0.05, 0) is 32.9 Å². The van der Waals surface area contributed by atoms with E-state index in [0.717, 1.165) is 31.1 Å². The van der Waals surface area contributed by atoms with Gasteiger partial charge in [-0.25, -0.2) is 9.97 Å². The number of aromatic nitrogens is 2. The number of nitro groups is 1. The number of non-ortho nitro benzene ring substituents is 1. The second kappa shape index (κ2) is 7.14. The Labute approximate surface area is 147 Å². The molecule has 1 aromatic carbocycles. The molecule has 0 saturated carbocycles. The predicted octanol–water partition coefficient (Wildman–Crippen LogP) is 2.75. The summed E-state index contributed by atoms with van der Waals surface area (Å²) in [5.74, 6) is 2.00. The van der Waals surface area contributed by atoms with E-state index in [4.69, 9.17) is 0 Å². The minimum atomic E-state index is -0.400. The van der Waals surface area contributed by atoms with Gasteiger partial charge in [0.1, 0.15) is 5.82 Å². The standard InChI is InChI=1S/C18H23N5O2/c1-13-9-17(22(3)12-14-7-8-21(2)11-14)20-18(19-13)15-5-4-6-16(10-15)23(24)25/h4-6,9-10,14H,7-8,11-12H2,1-3H3. The summed E-state index contributed by atoms with van der Waals surface area (Å²) in [4.78, 5) is 24.2. The van der Waals surface area contributed by atoms with E-state index < -0.39 is 4.92 Å². The van der Waals surface area contributed by atoms with Gasteiger partial charge in [0, 0.05) is 49.6 Å². The first-order valence-electron chi connectivity index (χ1n) is 8.42. The van der Waals surface area contributed by atoms with Crippen LogP contribution >= 0.6 is 0 Å². The number of benzene rings is 1. The molecule has 7 nitrogen and oxygen atoms in total. The van der Waals surface area contributed by atoms with Crippen LogP contribution in [-0.4, -0.2) is 53.5 Å². The summed E-state index contributed by atoms with van der Waals surface area (Å²) < 4.78 is 0. The average Bonchev–Trinajstić information content (AvgIpc) is 2.99. The van der Waals surface area contributed by atoms with Crippen LogP contribution in [0.2, 0.25) is 0 Å². The van der Waals surface area contributed by atoms with Gasteiger partial charge < -0.3 is 9.80 Å². The Morgan fingerprint density at radius 2 is 2.16 bits per heavy atom. The molecule has 132 valence electrons. The molecule has 0 N–H and O–H groups in total. The fraction of sp³-hybridized carbons (Fsp3) is 0.444. The van der Waals surface area contributed by atoms with E-state index in [0.29, 0.717) is 17.3 Å². The van der Waals surface area contributed by atoms with Crippen molar-refractivity contribution in [3.05, 3.63) is 46.1 Å². The highest BCUT2D eigenvalue weighted by molar-refractivity contribution is 5.61. The van der Waals surface area contributed by atoms with Gasteiger partial charge in [0.2, 0.25) is 0 Å². The van der Waals surface area contributed by atoms with Gasteiger partial charge in [0.05, 0.1) is 4.92 Å². The highest BCUT2D eigenvalue weighted by atomic mass is 16.6. The molecule has 0 radical (unpaired) electrons. The first-order chi connectivity index (χ1) is 11.9. The summed E-state index contributed by atoms with van der Waals surface area (Å²) in [5.41, 5.74) is 1.56. The maximum atomic E-state index is 11.0. The number of likely N-dealkylation sites (tertiary alicyclic amines) is 1. The van der Waals surface area contributed by atoms with Crippen LogP contribution in [-0.2, 0) is 0 Å². The van der Waals surface area contributed by atoms with Gasteiger partial charge in [-0.2, -0.15) is 0 Å². The van der Waals surface area contributed by atoms with Crippen molar-refractivity contribution in [3.8, 4) is 11.4 Å². The molecule has 1 atom stereocenters. The lowest BCUT2D eigenvalue weighted by Gasteiger charge is -2.23. The molecule has 2 heterocycles. The molecule has 1 unspecified atom stereocenters. The third kappa shape index (κ3) is 4.11. The fourth-order valence-corrected chi connectivity index (χ4v) is 3.29. The summed E-state index contributed by atoms with van der Waals surface area (Å²) in [6.45, 7) is 5.10. The highest BCUT2D eigenvalue weighted by Crippen LogP contribution is 2.24. The molecule has 1 aliphatic heterocycles. The summed E-state index contributed by atoms with van der Waals surface area (Å²) in [7, 11) is 4.19. The second-order valence-corrected chi connectivity index (χ2v) is 6.80. The van der Waals surface area contributed by atoms with E-state index in [9.17, 15) is 10.1 Å². The van der Waals surface area contributed by atoms with Crippen molar-refractivity contribution in [1.82, 2.24) is 14.9 Å². The smallest absolute Gasteiger partial charge is 0.270 e. The topological polar surface area (TPSA) is 75.4 Å². The Bertz CT molecular complexity index is 780. The normalized spacial score (nSPS) is 17.6. The summed E-state index contributed by atoms with van der Waals surface area (Å²) in [6, 6.07) is 8.42. The van der Waals surface area contributed by atoms with E-state index >= 15 is 0 Å². The minimum Gasteiger partial charge on any atom is -0.359 e. The molecule has 1 aliphatic rings. The molecular weight excluding hydrogens is 318 g/mol. The van der Waals surface area contributed by atoms with Crippen molar-refractivity contribution in [2.45, 2.75) is 13.3 Å². The Balaban J connectivity index is 1.85. The maximum absolute atomic E-state index is 11.0. The molecule has 3 rings (SSSR count). The zero-order valence-electron chi connectivity index (χ0n) is 14.8. The van der Waals surface area contributed by atoms with E-state index in [-0.39, 0.29) is 5.69 Å². The van der Waals surface area contributed by atoms with Gasteiger partial charge in [0.25, 0.3) is 5.69 Å². The van der Waals surface area contributed by atoms with Crippen molar-refractivity contribution in [2.24, 2.45) is 5.92 Å². The maximum Gasteiger partial charge on any atom is 0.270 e. The number of nitro benzene ring substituents is 1. The number of hydrogen-bond donors (Lipinski definition) is 0. The molecule has 25 heavy (non-hydrogen) atoms. The molecule has 0 bridgehead atoms. The summed E-state index contributed by atoms with van der Waals surface area (Å²) >= 11 is 0. The molecule has 1 saturated heterocycles. The number of nitrogens with zero attached hydrogens (tertiary/aromatic N) is 5. The zero-order chi connectivity index (χ0) is 18.0. The van der Waals surface area contributed by atoms with E-state index in [2.05, 4.69) is 26.8 Å².